The lowest BCUT2D eigenvalue weighted by atomic mass is 10.1. The topological polar surface area (TPSA) is 86.8 Å². The highest BCUT2D eigenvalue weighted by molar-refractivity contribution is 7.92. The van der Waals surface area contributed by atoms with E-state index in [2.05, 4.69) is 5.32 Å². The van der Waals surface area contributed by atoms with Gasteiger partial charge in [-0.3, -0.25) is 13.9 Å². The predicted molar refractivity (Wildman–Crippen MR) is 147 cm³/mol. The Bertz CT molecular complexity index is 1190. The molecule has 0 fully saturated rings. The molecule has 0 spiro atoms. The number of amides is 2. The number of nitrogens with zero attached hydrogens (tertiary/aromatic N) is 2. The molecule has 0 bridgehead atoms. The molecule has 1 N–H and O–H groups in total. The molecule has 7 nitrogen and oxygen atoms in total. The number of hydrogen-bond acceptors (Lipinski definition) is 4. The van der Waals surface area contributed by atoms with Crippen molar-refractivity contribution in [3.8, 4) is 0 Å². The van der Waals surface area contributed by atoms with Crippen molar-refractivity contribution in [1.29, 1.82) is 0 Å². The van der Waals surface area contributed by atoms with E-state index in [4.69, 9.17) is 34.8 Å². The maximum atomic E-state index is 13.7. The molecule has 0 radical (unpaired) electrons. The minimum atomic E-state index is -3.95. The second-order valence-electron chi connectivity index (χ2n) is 9.47. The van der Waals surface area contributed by atoms with Crippen LogP contribution in [0.5, 0.6) is 0 Å². The van der Waals surface area contributed by atoms with Crippen molar-refractivity contribution < 1.29 is 18.0 Å². The number of carbonyl (C=O) groups excluding carboxylic acids is 2. The van der Waals surface area contributed by atoms with E-state index < -0.39 is 34.1 Å². The van der Waals surface area contributed by atoms with Crippen molar-refractivity contribution >= 4 is 62.3 Å². The molecule has 0 aliphatic heterocycles. The van der Waals surface area contributed by atoms with Gasteiger partial charge in [-0.15, -0.1) is 0 Å². The second-order valence-corrected chi connectivity index (χ2v) is 12.6. The summed E-state index contributed by atoms with van der Waals surface area (Å²) >= 11 is 18.4. The molecule has 1 atom stereocenters. The summed E-state index contributed by atoms with van der Waals surface area (Å²) in [5.74, 6) is -0.862. The fraction of sp³-hybridized carbons (Fsp3) is 0.440. The Balaban J connectivity index is 2.45. The summed E-state index contributed by atoms with van der Waals surface area (Å²) in [5, 5.41) is 3.19. The summed E-state index contributed by atoms with van der Waals surface area (Å²) in [7, 11) is -3.95. The molecule has 2 amide bonds. The zero-order chi connectivity index (χ0) is 27.3. The van der Waals surface area contributed by atoms with E-state index >= 15 is 0 Å². The molecule has 1 unspecified atom stereocenters. The van der Waals surface area contributed by atoms with E-state index in [9.17, 15) is 18.0 Å². The average Bonchev–Trinajstić information content (AvgIpc) is 2.76. The molecular formula is C25H32Cl3N3O4S. The van der Waals surface area contributed by atoms with E-state index in [1.165, 1.54) is 17.0 Å². The van der Waals surface area contributed by atoms with Crippen molar-refractivity contribution in [3.05, 3.63) is 63.1 Å². The number of anilines is 1. The number of nitrogens with one attached hydrogen (secondary N) is 1. The Hall–Kier alpha value is -2.00. The third kappa shape index (κ3) is 8.54. The summed E-state index contributed by atoms with van der Waals surface area (Å²) < 4.78 is 26.3. The minimum absolute atomic E-state index is 0.0241. The van der Waals surface area contributed by atoms with Crippen LogP contribution in [0, 0.1) is 0 Å². The zero-order valence-electron chi connectivity index (χ0n) is 21.0. The van der Waals surface area contributed by atoms with Crippen LogP contribution in [0.3, 0.4) is 0 Å². The highest BCUT2D eigenvalue weighted by Gasteiger charge is 2.33. The molecular weight excluding hydrogens is 545 g/mol. The van der Waals surface area contributed by atoms with Gasteiger partial charge in [0.05, 0.1) is 27.0 Å². The molecule has 0 saturated carbocycles. The summed E-state index contributed by atoms with van der Waals surface area (Å²) in [6, 6.07) is 11.4. The lowest BCUT2D eigenvalue weighted by Crippen LogP contribution is -2.56. The number of carbonyl (C=O) groups is 2. The number of sulfonamides is 1. The summed E-state index contributed by atoms with van der Waals surface area (Å²) in [6.07, 6.45) is 1.80. The molecule has 0 heterocycles. The first-order valence-electron chi connectivity index (χ1n) is 11.4. The average molecular weight is 577 g/mol. The highest BCUT2D eigenvalue weighted by atomic mass is 35.5. The summed E-state index contributed by atoms with van der Waals surface area (Å²) in [6.45, 7) is 7.01. The van der Waals surface area contributed by atoms with E-state index in [-0.39, 0.29) is 33.2 Å². The molecule has 0 aromatic heterocycles. The number of rotatable bonds is 10. The smallest absolute Gasteiger partial charge is 0.244 e. The van der Waals surface area contributed by atoms with Gasteiger partial charge in [0, 0.05) is 12.1 Å². The van der Waals surface area contributed by atoms with Crippen molar-refractivity contribution in [2.24, 2.45) is 0 Å². The first-order chi connectivity index (χ1) is 16.6. The lowest BCUT2D eigenvalue weighted by molar-refractivity contribution is -0.140. The fourth-order valence-corrected chi connectivity index (χ4v) is 5.19. The van der Waals surface area contributed by atoms with E-state index in [1.807, 2.05) is 51.1 Å². The van der Waals surface area contributed by atoms with E-state index in [0.29, 0.717) is 12.8 Å². The first kappa shape index (κ1) is 30.2. The van der Waals surface area contributed by atoms with Gasteiger partial charge in [0.1, 0.15) is 12.6 Å². The third-order valence-electron chi connectivity index (χ3n) is 5.31. The maximum Gasteiger partial charge on any atom is 0.244 e. The van der Waals surface area contributed by atoms with Gasteiger partial charge >= 0.3 is 0 Å². The third-order valence-corrected chi connectivity index (χ3v) is 7.46. The SMILES string of the molecule is CCC(C(=O)NC(C)(C)C)N(CCc1ccccc1)C(=O)CN(c1cc(Cl)c(Cl)cc1Cl)S(C)(=O)=O. The van der Waals surface area contributed by atoms with Gasteiger partial charge in [-0.2, -0.15) is 0 Å². The second kappa shape index (κ2) is 12.5. The van der Waals surface area contributed by atoms with Crippen LogP contribution in [-0.2, 0) is 26.0 Å². The van der Waals surface area contributed by atoms with Gasteiger partial charge in [0.15, 0.2) is 0 Å². The zero-order valence-corrected chi connectivity index (χ0v) is 24.1. The van der Waals surface area contributed by atoms with Gasteiger partial charge in [0.2, 0.25) is 21.8 Å². The molecule has 2 aromatic carbocycles. The van der Waals surface area contributed by atoms with Crippen LogP contribution >= 0.6 is 34.8 Å². The monoisotopic (exact) mass is 575 g/mol. The molecule has 0 aliphatic rings. The predicted octanol–water partition coefficient (Wildman–Crippen LogP) is 5.18. The molecule has 2 rings (SSSR count). The van der Waals surface area contributed by atoms with Crippen molar-refractivity contribution in [2.45, 2.75) is 52.1 Å². The van der Waals surface area contributed by atoms with Gasteiger partial charge in [0.25, 0.3) is 0 Å². The Morgan fingerprint density at radius 1 is 1.00 bits per heavy atom. The van der Waals surface area contributed by atoms with Crippen LogP contribution in [0.1, 0.15) is 39.7 Å². The largest absolute Gasteiger partial charge is 0.350 e. The van der Waals surface area contributed by atoms with Crippen LogP contribution in [0.15, 0.2) is 42.5 Å². The normalized spacial score (nSPS) is 12.7. The number of halogens is 3. The van der Waals surface area contributed by atoms with E-state index in [0.717, 1.165) is 16.1 Å². The summed E-state index contributed by atoms with van der Waals surface area (Å²) in [4.78, 5) is 28.2. The highest BCUT2D eigenvalue weighted by Crippen LogP contribution is 2.35. The molecule has 198 valence electrons. The van der Waals surface area contributed by atoms with Crippen molar-refractivity contribution in [1.82, 2.24) is 10.2 Å². The molecule has 11 heteroatoms. The van der Waals surface area contributed by atoms with Gasteiger partial charge in [-0.25, -0.2) is 8.42 Å². The molecule has 0 saturated heterocycles. The van der Waals surface area contributed by atoms with Crippen LogP contribution in [0.25, 0.3) is 0 Å². The Labute approximate surface area is 228 Å². The van der Waals surface area contributed by atoms with Crippen LogP contribution < -0.4 is 9.62 Å². The van der Waals surface area contributed by atoms with Crippen molar-refractivity contribution in [2.75, 3.05) is 23.7 Å². The van der Waals surface area contributed by atoms with Gasteiger partial charge < -0.3 is 10.2 Å². The molecule has 0 aliphatic carbocycles. The maximum absolute atomic E-state index is 13.7. The minimum Gasteiger partial charge on any atom is -0.350 e. The fourth-order valence-electron chi connectivity index (χ4n) is 3.65. The first-order valence-corrected chi connectivity index (χ1v) is 14.4. The Morgan fingerprint density at radius 3 is 2.11 bits per heavy atom. The van der Waals surface area contributed by atoms with Gasteiger partial charge in [-0.1, -0.05) is 72.1 Å². The van der Waals surface area contributed by atoms with E-state index in [1.54, 1.807) is 6.92 Å². The standard InChI is InChI=1S/C25H32Cl3N3O4S/c1-6-21(24(33)29-25(2,3)4)30(13-12-17-10-8-7-9-11-17)23(32)16-31(36(5,34)35)22-15-19(27)18(26)14-20(22)28/h7-11,14-15,21H,6,12-13,16H2,1-5H3,(H,29,33). The summed E-state index contributed by atoms with van der Waals surface area (Å²) in [5.41, 5.74) is 0.497. The molecule has 2 aromatic rings. The molecule has 36 heavy (non-hydrogen) atoms. The van der Waals surface area contributed by atoms with Crippen LogP contribution in [0.4, 0.5) is 5.69 Å². The number of hydrogen-bond donors (Lipinski definition) is 1. The Kier molecular flexibility index (Phi) is 10.5. The van der Waals surface area contributed by atoms with Gasteiger partial charge in [-0.05, 0) is 51.3 Å². The van der Waals surface area contributed by atoms with Crippen molar-refractivity contribution in [3.63, 3.8) is 0 Å². The Morgan fingerprint density at radius 2 is 1.58 bits per heavy atom. The quantitative estimate of drug-likeness (QED) is 0.395. The number of benzene rings is 2. The van der Waals surface area contributed by atoms with Crippen LogP contribution in [-0.4, -0.2) is 56.1 Å². The van der Waals surface area contributed by atoms with Crippen LogP contribution in [0.2, 0.25) is 15.1 Å². The lowest BCUT2D eigenvalue weighted by Gasteiger charge is -2.34.